The molecule has 0 aromatic rings. The van der Waals surface area contributed by atoms with Crippen molar-refractivity contribution in [2.45, 2.75) is 163 Å². The fourth-order valence-corrected chi connectivity index (χ4v) is 4.87. The van der Waals surface area contributed by atoms with Crippen LogP contribution in [0.1, 0.15) is 115 Å². The van der Waals surface area contributed by atoms with E-state index in [-0.39, 0.29) is 42.0 Å². The molecule has 0 radical (unpaired) electrons. The summed E-state index contributed by atoms with van der Waals surface area (Å²) in [6.07, 6.45) is -7.61. The number of amides is 5. The number of hydrogen-bond acceptors (Lipinski definition) is 8. The number of nitrogens with one attached hydrogen (secondary N) is 5. The minimum Gasteiger partial charge on any atom is -0.481 e. The zero-order chi connectivity index (χ0) is 41.1. The molecular weight excluding hydrogens is 707 g/mol. The minimum absolute atomic E-state index is 0. The van der Waals surface area contributed by atoms with Crippen molar-refractivity contribution < 1.29 is 62.7 Å². The molecule has 312 valence electrons. The van der Waals surface area contributed by atoms with Crippen molar-refractivity contribution in [3.8, 4) is 0 Å². The zero-order valence-corrected chi connectivity index (χ0v) is 33.0. The van der Waals surface area contributed by atoms with Gasteiger partial charge in [0.15, 0.2) is 0 Å². The van der Waals surface area contributed by atoms with E-state index in [1.54, 1.807) is 27.7 Å². The van der Waals surface area contributed by atoms with Crippen LogP contribution in [0.3, 0.4) is 0 Å². The molecule has 0 aromatic carbocycles. The second kappa shape index (κ2) is 26.3. The van der Waals surface area contributed by atoms with E-state index >= 15 is 0 Å². The van der Waals surface area contributed by atoms with Gasteiger partial charge in [0.2, 0.25) is 29.5 Å². The summed E-state index contributed by atoms with van der Waals surface area (Å²) in [4.78, 5) is 71.3. The van der Waals surface area contributed by atoms with Crippen LogP contribution in [0.15, 0.2) is 0 Å². The second-order valence-corrected chi connectivity index (χ2v) is 14.8. The van der Waals surface area contributed by atoms with Crippen molar-refractivity contribution in [1.82, 2.24) is 26.6 Å². The molecule has 0 saturated heterocycles. The van der Waals surface area contributed by atoms with Gasteiger partial charge in [0, 0.05) is 12.8 Å². The van der Waals surface area contributed by atoms with Crippen molar-refractivity contribution in [1.29, 1.82) is 0 Å². The van der Waals surface area contributed by atoms with Crippen LogP contribution >= 0.6 is 0 Å². The molecule has 0 unspecified atom stereocenters. The normalized spacial score (nSPS) is 15.4. The first-order chi connectivity index (χ1) is 23.7. The second-order valence-electron chi connectivity index (χ2n) is 14.8. The van der Waals surface area contributed by atoms with Gasteiger partial charge in [-0.15, -0.1) is 0 Å². The molecule has 10 N–H and O–H groups in total. The minimum atomic E-state index is -4.71. The molecule has 0 fully saturated rings. The lowest BCUT2D eigenvalue weighted by atomic mass is 9.97. The number of aliphatic carboxylic acids is 1. The van der Waals surface area contributed by atoms with E-state index in [4.69, 9.17) is 5.11 Å². The summed E-state index contributed by atoms with van der Waals surface area (Å²) in [5.74, 6) is -4.21. The molecular formula is C35H66F3N5O10. The maximum absolute atomic E-state index is 13.1. The highest BCUT2D eigenvalue weighted by atomic mass is 19.4. The fraction of sp³-hybridized carbons (Fsp3) is 0.829. The van der Waals surface area contributed by atoms with Gasteiger partial charge in [0.25, 0.3) is 0 Å². The Morgan fingerprint density at radius 2 is 1.11 bits per heavy atom. The topological polar surface area (TPSA) is 255 Å². The van der Waals surface area contributed by atoms with Gasteiger partial charge < -0.3 is 47.4 Å². The molecule has 5 amide bonds. The number of carbonyl (C=O) groups is 6. The smallest absolute Gasteiger partial charge is 0.391 e. The first-order valence-corrected chi connectivity index (χ1v) is 17.8. The average molecular weight is 774 g/mol. The van der Waals surface area contributed by atoms with Crippen molar-refractivity contribution >= 4 is 35.5 Å². The lowest BCUT2D eigenvalue weighted by Gasteiger charge is -2.29. The number of carboxylic acid groups (broad SMARTS) is 1. The summed E-state index contributed by atoms with van der Waals surface area (Å²) in [6, 6.07) is -5.12. The first-order valence-electron chi connectivity index (χ1n) is 17.8. The summed E-state index contributed by atoms with van der Waals surface area (Å²) in [5.41, 5.74) is 0. The molecule has 0 bridgehead atoms. The molecule has 0 aromatic heterocycles. The lowest BCUT2D eigenvalue weighted by Crippen LogP contribution is -2.58. The van der Waals surface area contributed by atoms with E-state index in [1.165, 1.54) is 6.92 Å². The molecule has 0 aliphatic carbocycles. The van der Waals surface area contributed by atoms with Gasteiger partial charge in [-0.2, -0.15) is 13.2 Å². The number of aliphatic hydroxyl groups is 2. The van der Waals surface area contributed by atoms with Crippen LogP contribution in [0.25, 0.3) is 0 Å². The van der Waals surface area contributed by atoms with Crippen molar-refractivity contribution in [2.24, 2.45) is 23.7 Å². The Morgan fingerprint density at radius 3 is 1.51 bits per heavy atom. The fourth-order valence-electron chi connectivity index (χ4n) is 4.87. The molecule has 0 spiro atoms. The number of carbonyl (C=O) groups excluding carboxylic acids is 5. The van der Waals surface area contributed by atoms with Crippen LogP contribution in [0.5, 0.6) is 0 Å². The molecule has 0 saturated carbocycles. The monoisotopic (exact) mass is 773 g/mol. The Labute approximate surface area is 311 Å². The molecule has 0 aliphatic rings. The number of alkyl halides is 3. The van der Waals surface area contributed by atoms with Crippen molar-refractivity contribution in [3.05, 3.63) is 0 Å². The molecule has 15 nitrogen and oxygen atoms in total. The van der Waals surface area contributed by atoms with E-state index in [1.807, 2.05) is 41.5 Å². The summed E-state index contributed by atoms with van der Waals surface area (Å²) in [6.45, 7) is 19.1. The van der Waals surface area contributed by atoms with Crippen molar-refractivity contribution in [3.63, 3.8) is 0 Å². The van der Waals surface area contributed by atoms with E-state index in [0.717, 1.165) is 0 Å². The highest BCUT2D eigenvalue weighted by Gasteiger charge is 2.39. The maximum Gasteiger partial charge on any atom is 0.391 e. The number of aliphatic hydroxyl groups excluding tert-OH is 2. The Hall–Kier alpha value is -3.51. The third-order valence-electron chi connectivity index (χ3n) is 7.56. The zero-order valence-electron chi connectivity index (χ0n) is 33.0. The summed E-state index contributed by atoms with van der Waals surface area (Å²) in [7, 11) is 0. The summed E-state index contributed by atoms with van der Waals surface area (Å²) in [5, 5.41) is 40.7. The van der Waals surface area contributed by atoms with Gasteiger partial charge in [0.1, 0.15) is 18.1 Å². The predicted molar refractivity (Wildman–Crippen MR) is 193 cm³/mol. The number of halogens is 3. The van der Waals surface area contributed by atoms with Crippen molar-refractivity contribution in [2.75, 3.05) is 0 Å². The molecule has 0 aliphatic heterocycles. The largest absolute Gasteiger partial charge is 0.481 e. The van der Waals surface area contributed by atoms with Crippen LogP contribution in [0, 0.1) is 23.7 Å². The lowest BCUT2D eigenvalue weighted by molar-refractivity contribution is -0.152. The van der Waals surface area contributed by atoms with Gasteiger partial charge in [-0.1, -0.05) is 62.3 Å². The SMILES string of the molecule is CC(C)CC(=O)N[C@H](C(=O)N[C@@H](CC(F)(F)F)C(=O)N[C@@H](CC(C)C)[C@H](C)O)C(C)C.CCC(=O)N[C@@H](C)C(=O)N[C@@H](CC(C)C)[C@@H](O)CC(=O)O.O. The Bertz CT molecular complexity index is 1140. The standard InChI is InChI=1S/C21H38F3N3O4.C14H26N2O5.H2O/c1-11(2)8-15(14(7)28)25-19(30)16(10-21(22,23)24)26-20(31)18(13(5)6)27-17(29)9-12(3)4;1-5-12(18)15-9(4)14(21)16-10(6-8(2)3)11(17)7-13(19)20;/h11-16,18,28H,8-10H2,1-7H3,(H,25,30)(H,26,31)(H,27,29);8-11,17H,5-7H2,1-4H3,(H,15,18)(H,16,21)(H,19,20);1H2/t14-,15-,16-,18-;9-,10-,11-;/m00./s1. The number of carboxylic acids is 1. The van der Waals surface area contributed by atoms with Gasteiger partial charge in [-0.3, -0.25) is 28.8 Å². The predicted octanol–water partition coefficient (Wildman–Crippen LogP) is 1.97. The number of hydrogen-bond donors (Lipinski definition) is 8. The third kappa shape index (κ3) is 26.0. The van der Waals surface area contributed by atoms with Crippen LogP contribution in [0.4, 0.5) is 13.2 Å². The van der Waals surface area contributed by atoms with E-state index in [0.29, 0.717) is 12.8 Å². The third-order valence-corrected chi connectivity index (χ3v) is 7.56. The van der Waals surface area contributed by atoms with Gasteiger partial charge >= 0.3 is 12.1 Å². The Balaban J connectivity index is -0.000000994. The van der Waals surface area contributed by atoms with Crippen LogP contribution in [-0.2, 0) is 28.8 Å². The van der Waals surface area contributed by atoms with E-state index < -0.39 is 97.0 Å². The van der Waals surface area contributed by atoms with E-state index in [2.05, 4.69) is 26.6 Å². The highest BCUT2D eigenvalue weighted by molar-refractivity contribution is 5.92. The molecule has 53 heavy (non-hydrogen) atoms. The number of rotatable bonds is 21. The molecule has 0 heterocycles. The van der Waals surface area contributed by atoms with Crippen LogP contribution in [-0.4, -0.2) is 105 Å². The van der Waals surface area contributed by atoms with E-state index in [9.17, 15) is 52.2 Å². The van der Waals surface area contributed by atoms with Gasteiger partial charge in [-0.05, 0) is 50.4 Å². The van der Waals surface area contributed by atoms with Crippen LogP contribution in [0.2, 0.25) is 0 Å². The van der Waals surface area contributed by atoms with Gasteiger partial charge in [0.05, 0.1) is 37.1 Å². The van der Waals surface area contributed by atoms with Gasteiger partial charge in [-0.25, -0.2) is 0 Å². The summed E-state index contributed by atoms with van der Waals surface area (Å²) >= 11 is 0. The molecule has 18 heteroatoms. The molecule has 7 atom stereocenters. The first kappa shape index (κ1) is 53.8. The Kier molecular flexibility index (Phi) is 26.7. The van der Waals surface area contributed by atoms with Crippen LogP contribution < -0.4 is 26.6 Å². The highest BCUT2D eigenvalue weighted by Crippen LogP contribution is 2.22. The molecule has 0 rings (SSSR count). The average Bonchev–Trinajstić information content (AvgIpc) is 2.96. The summed E-state index contributed by atoms with van der Waals surface area (Å²) < 4.78 is 39.3. The maximum atomic E-state index is 13.1. The quantitative estimate of drug-likeness (QED) is 0.0848. The Morgan fingerprint density at radius 1 is 0.623 bits per heavy atom.